The second-order valence-electron chi connectivity index (χ2n) is 6.01. The number of aromatic nitrogens is 1. The number of rotatable bonds is 5. The number of nitrogens with zero attached hydrogens (tertiary/aromatic N) is 2. The molecule has 0 radical (unpaired) electrons. The van der Waals surface area contributed by atoms with Crippen LogP contribution in [0.1, 0.15) is 38.3 Å². The van der Waals surface area contributed by atoms with E-state index in [1.54, 1.807) is 29.7 Å². The Kier molecular flexibility index (Phi) is 4.70. The highest BCUT2D eigenvalue weighted by Gasteiger charge is 2.32. The monoisotopic (exact) mass is 351 g/mol. The molecule has 2 aromatic rings. The summed E-state index contributed by atoms with van der Waals surface area (Å²) in [7, 11) is -3.57. The molecule has 0 aromatic carbocycles. The third kappa shape index (κ3) is 3.41. The lowest BCUT2D eigenvalue weighted by atomic mass is 10.1. The van der Waals surface area contributed by atoms with E-state index in [1.165, 1.54) is 5.56 Å². The first-order valence-electron chi connectivity index (χ1n) is 7.75. The molecule has 1 unspecified atom stereocenters. The highest BCUT2D eigenvalue weighted by atomic mass is 32.2. The number of hydrogen-bond acceptors (Lipinski definition) is 5. The summed E-state index contributed by atoms with van der Waals surface area (Å²) < 4.78 is 27.9. The molecule has 0 bridgehead atoms. The molecule has 0 amide bonds. The molecule has 1 saturated heterocycles. The summed E-state index contributed by atoms with van der Waals surface area (Å²) in [6.45, 7) is 4.46. The molecule has 3 heterocycles. The van der Waals surface area contributed by atoms with Gasteiger partial charge in [-0.15, -0.1) is 0 Å². The summed E-state index contributed by atoms with van der Waals surface area (Å²) in [6, 6.07) is 5.46. The zero-order chi connectivity index (χ0) is 16.4. The van der Waals surface area contributed by atoms with Crippen LogP contribution in [0.4, 0.5) is 5.82 Å². The molecule has 124 valence electrons. The van der Waals surface area contributed by atoms with Crippen molar-refractivity contribution in [1.82, 2.24) is 9.71 Å². The number of hydrogen-bond donors (Lipinski definition) is 1. The summed E-state index contributed by atoms with van der Waals surface area (Å²) >= 11 is 1.66. The van der Waals surface area contributed by atoms with Gasteiger partial charge < -0.3 is 4.90 Å². The maximum Gasteiger partial charge on any atom is 0.244 e. The van der Waals surface area contributed by atoms with Gasteiger partial charge in [0.25, 0.3) is 0 Å². The predicted octanol–water partition coefficient (Wildman–Crippen LogP) is 3.17. The van der Waals surface area contributed by atoms with Gasteiger partial charge >= 0.3 is 0 Å². The van der Waals surface area contributed by atoms with Gasteiger partial charge in [0, 0.05) is 18.8 Å². The highest BCUT2D eigenvalue weighted by molar-refractivity contribution is 7.89. The van der Waals surface area contributed by atoms with Crippen LogP contribution in [0.25, 0.3) is 0 Å². The fourth-order valence-electron chi connectivity index (χ4n) is 3.01. The molecule has 5 nitrogen and oxygen atoms in total. The van der Waals surface area contributed by atoms with E-state index in [9.17, 15) is 8.42 Å². The Morgan fingerprint density at radius 3 is 2.91 bits per heavy atom. The summed E-state index contributed by atoms with van der Waals surface area (Å²) in [5, 5.41) is 4.19. The minimum absolute atomic E-state index is 0.153. The van der Waals surface area contributed by atoms with Crippen LogP contribution in [0, 0.1) is 0 Å². The summed E-state index contributed by atoms with van der Waals surface area (Å²) in [4.78, 5) is 6.79. The molecule has 23 heavy (non-hydrogen) atoms. The molecular weight excluding hydrogens is 330 g/mol. The maximum absolute atomic E-state index is 12.6. The quantitative estimate of drug-likeness (QED) is 0.899. The van der Waals surface area contributed by atoms with Crippen molar-refractivity contribution >= 4 is 27.2 Å². The lowest BCUT2D eigenvalue weighted by Crippen LogP contribution is -2.33. The van der Waals surface area contributed by atoms with E-state index >= 15 is 0 Å². The van der Waals surface area contributed by atoms with Gasteiger partial charge in [-0.2, -0.15) is 11.3 Å². The first-order chi connectivity index (χ1) is 11.0. The molecule has 7 heteroatoms. The second kappa shape index (κ2) is 6.59. The normalized spacial score (nSPS) is 18.7. The molecule has 0 aliphatic carbocycles. The number of thiophene rings is 1. The number of anilines is 1. The minimum atomic E-state index is -3.57. The Morgan fingerprint density at radius 2 is 2.22 bits per heavy atom. The molecule has 1 fully saturated rings. The van der Waals surface area contributed by atoms with Gasteiger partial charge in [-0.3, -0.25) is 0 Å². The van der Waals surface area contributed by atoms with Gasteiger partial charge in [0.05, 0.1) is 6.04 Å². The van der Waals surface area contributed by atoms with E-state index in [0.717, 1.165) is 19.4 Å². The van der Waals surface area contributed by atoms with Gasteiger partial charge in [0.15, 0.2) is 0 Å². The van der Waals surface area contributed by atoms with Crippen molar-refractivity contribution in [3.8, 4) is 0 Å². The molecule has 1 aliphatic heterocycles. The molecule has 2 aromatic heterocycles. The smallest absolute Gasteiger partial charge is 0.244 e. The van der Waals surface area contributed by atoms with Crippen LogP contribution in [0.2, 0.25) is 0 Å². The summed E-state index contributed by atoms with van der Waals surface area (Å²) in [5.74, 6) is 0.550. The van der Waals surface area contributed by atoms with E-state index < -0.39 is 10.0 Å². The third-order valence-corrected chi connectivity index (χ3v) is 6.26. The van der Waals surface area contributed by atoms with Crippen LogP contribution >= 0.6 is 11.3 Å². The average Bonchev–Trinajstić information content (AvgIpc) is 3.17. The fourth-order valence-corrected chi connectivity index (χ4v) is 5.14. The molecule has 0 spiro atoms. The van der Waals surface area contributed by atoms with Crippen LogP contribution in [-0.4, -0.2) is 26.0 Å². The van der Waals surface area contributed by atoms with Crippen LogP contribution < -0.4 is 9.62 Å². The van der Waals surface area contributed by atoms with Crippen LogP contribution in [0.5, 0.6) is 0 Å². The van der Waals surface area contributed by atoms with Gasteiger partial charge in [-0.05, 0) is 61.2 Å². The standard InChI is InChI=1S/C16H21N3O2S2/c1-12(2)18-23(20,21)15-6-3-8-17-16(15)19-9-4-5-14(19)13-7-10-22-11-13/h3,6-8,10-12,14,18H,4-5,9H2,1-2H3. The molecule has 1 aliphatic rings. The zero-order valence-corrected chi connectivity index (χ0v) is 14.9. The zero-order valence-electron chi connectivity index (χ0n) is 13.3. The SMILES string of the molecule is CC(C)NS(=O)(=O)c1cccnc1N1CCCC1c1ccsc1. The van der Waals surface area contributed by atoms with Crippen molar-refractivity contribution in [2.24, 2.45) is 0 Å². The third-order valence-electron chi connectivity index (χ3n) is 3.88. The maximum atomic E-state index is 12.6. The molecule has 1 atom stereocenters. The lowest BCUT2D eigenvalue weighted by molar-refractivity contribution is 0.568. The van der Waals surface area contributed by atoms with Crippen molar-refractivity contribution in [3.05, 3.63) is 40.7 Å². The van der Waals surface area contributed by atoms with E-state index in [0.29, 0.717) is 5.82 Å². The topological polar surface area (TPSA) is 62.3 Å². The van der Waals surface area contributed by atoms with E-state index in [1.807, 2.05) is 13.8 Å². The number of nitrogens with one attached hydrogen (secondary N) is 1. The lowest BCUT2D eigenvalue weighted by Gasteiger charge is -2.27. The Balaban J connectivity index is 2.00. The highest BCUT2D eigenvalue weighted by Crippen LogP contribution is 2.38. The largest absolute Gasteiger partial charge is 0.348 e. The number of sulfonamides is 1. The van der Waals surface area contributed by atoms with E-state index in [-0.39, 0.29) is 17.0 Å². The minimum Gasteiger partial charge on any atom is -0.348 e. The number of pyridine rings is 1. The summed E-state index contributed by atoms with van der Waals surface area (Å²) in [5.41, 5.74) is 1.23. The predicted molar refractivity (Wildman–Crippen MR) is 93.3 cm³/mol. The van der Waals surface area contributed by atoms with Gasteiger partial charge in [-0.1, -0.05) is 0 Å². The van der Waals surface area contributed by atoms with Crippen LogP contribution in [-0.2, 0) is 10.0 Å². The second-order valence-corrected chi connectivity index (χ2v) is 8.47. The van der Waals surface area contributed by atoms with E-state index in [4.69, 9.17) is 0 Å². The van der Waals surface area contributed by atoms with Crippen molar-refractivity contribution in [2.45, 2.75) is 43.7 Å². The Labute approximate surface area is 141 Å². The Bertz CT molecular complexity index is 757. The van der Waals surface area contributed by atoms with Crippen LogP contribution in [0.15, 0.2) is 40.1 Å². The van der Waals surface area contributed by atoms with Crippen molar-refractivity contribution in [2.75, 3.05) is 11.4 Å². The molecular formula is C16H21N3O2S2. The fraction of sp³-hybridized carbons (Fsp3) is 0.438. The Morgan fingerprint density at radius 1 is 1.39 bits per heavy atom. The molecule has 3 rings (SSSR count). The average molecular weight is 351 g/mol. The first kappa shape index (κ1) is 16.4. The van der Waals surface area contributed by atoms with Gasteiger partial charge in [0.1, 0.15) is 10.7 Å². The van der Waals surface area contributed by atoms with Crippen molar-refractivity contribution in [1.29, 1.82) is 0 Å². The van der Waals surface area contributed by atoms with Crippen LogP contribution in [0.3, 0.4) is 0 Å². The van der Waals surface area contributed by atoms with Gasteiger partial charge in [0.2, 0.25) is 10.0 Å². The van der Waals surface area contributed by atoms with E-state index in [2.05, 4.69) is 31.4 Å². The molecule has 1 N–H and O–H groups in total. The Hall–Kier alpha value is -1.44. The summed E-state index contributed by atoms with van der Waals surface area (Å²) in [6.07, 6.45) is 3.71. The van der Waals surface area contributed by atoms with Crippen molar-refractivity contribution < 1.29 is 8.42 Å². The first-order valence-corrected chi connectivity index (χ1v) is 10.2. The van der Waals surface area contributed by atoms with Crippen molar-refractivity contribution in [3.63, 3.8) is 0 Å². The van der Waals surface area contributed by atoms with Gasteiger partial charge in [-0.25, -0.2) is 18.1 Å². The molecule has 0 saturated carbocycles.